The van der Waals surface area contributed by atoms with Crippen LogP contribution in [0.5, 0.6) is 0 Å². The lowest BCUT2D eigenvalue weighted by Gasteiger charge is -2.40. The first kappa shape index (κ1) is 15.1. The molecule has 2 aliphatic rings. The second-order valence-electron chi connectivity index (χ2n) is 6.78. The maximum atomic E-state index is 6.08. The van der Waals surface area contributed by atoms with Crippen molar-refractivity contribution in [3.63, 3.8) is 0 Å². The van der Waals surface area contributed by atoms with Crippen molar-refractivity contribution < 1.29 is 4.74 Å². The molecular formula is C19H29NO. The molecule has 1 aliphatic heterocycles. The molecule has 0 aromatic heterocycles. The van der Waals surface area contributed by atoms with Crippen LogP contribution in [0.2, 0.25) is 0 Å². The third kappa shape index (κ3) is 3.49. The van der Waals surface area contributed by atoms with E-state index in [1.165, 1.54) is 18.4 Å². The number of ether oxygens (including phenoxy) is 1. The van der Waals surface area contributed by atoms with E-state index in [1.807, 2.05) is 0 Å². The number of benzene rings is 1. The predicted molar refractivity (Wildman–Crippen MR) is 87.5 cm³/mol. The third-order valence-corrected chi connectivity index (χ3v) is 5.44. The molecule has 0 spiro atoms. The first-order chi connectivity index (χ1) is 10.3. The monoisotopic (exact) mass is 287 g/mol. The fourth-order valence-electron chi connectivity index (χ4n) is 3.69. The van der Waals surface area contributed by atoms with Gasteiger partial charge in [-0.2, -0.15) is 0 Å². The molecule has 1 unspecified atom stereocenters. The summed E-state index contributed by atoms with van der Waals surface area (Å²) < 4.78 is 6.08. The fraction of sp³-hybridized carbons (Fsp3) is 0.684. The molecule has 0 bridgehead atoms. The Morgan fingerprint density at radius 2 is 1.90 bits per heavy atom. The topological polar surface area (TPSA) is 21.3 Å². The van der Waals surface area contributed by atoms with Gasteiger partial charge in [0.1, 0.15) is 0 Å². The van der Waals surface area contributed by atoms with Crippen LogP contribution < -0.4 is 5.32 Å². The molecule has 2 fully saturated rings. The maximum Gasteiger partial charge on any atom is 0.0692 e. The Balaban J connectivity index is 1.60. The zero-order valence-corrected chi connectivity index (χ0v) is 13.5. The summed E-state index contributed by atoms with van der Waals surface area (Å²) in [6.45, 7) is 6.44. The molecule has 2 nitrogen and oxygen atoms in total. The predicted octanol–water partition coefficient (Wildman–Crippen LogP) is 4.39. The molecule has 0 amide bonds. The van der Waals surface area contributed by atoms with Gasteiger partial charge in [-0.1, -0.05) is 38.1 Å². The van der Waals surface area contributed by atoms with Crippen molar-refractivity contribution in [2.24, 2.45) is 0 Å². The molecule has 1 aliphatic carbocycles. The van der Waals surface area contributed by atoms with Crippen LogP contribution in [-0.2, 0) is 11.3 Å². The van der Waals surface area contributed by atoms with Crippen molar-refractivity contribution in [2.75, 3.05) is 6.61 Å². The van der Waals surface area contributed by atoms with Crippen LogP contribution in [0.4, 0.5) is 0 Å². The molecule has 1 saturated carbocycles. The molecule has 116 valence electrons. The summed E-state index contributed by atoms with van der Waals surface area (Å²) in [7, 11) is 0. The van der Waals surface area contributed by atoms with Crippen molar-refractivity contribution in [1.29, 1.82) is 0 Å². The lowest BCUT2D eigenvalue weighted by Crippen LogP contribution is -2.46. The van der Waals surface area contributed by atoms with E-state index in [1.54, 1.807) is 5.56 Å². The lowest BCUT2D eigenvalue weighted by molar-refractivity contribution is -0.0932. The van der Waals surface area contributed by atoms with Crippen LogP contribution in [0.1, 0.15) is 69.4 Å². The smallest absolute Gasteiger partial charge is 0.0692 e. The lowest BCUT2D eigenvalue weighted by atomic mass is 9.86. The summed E-state index contributed by atoms with van der Waals surface area (Å²) in [5.74, 6) is 0.836. The summed E-state index contributed by atoms with van der Waals surface area (Å²) in [4.78, 5) is 0. The number of rotatable bonds is 6. The van der Waals surface area contributed by atoms with Crippen molar-refractivity contribution in [1.82, 2.24) is 5.32 Å². The van der Waals surface area contributed by atoms with Crippen LogP contribution in [0.25, 0.3) is 0 Å². The largest absolute Gasteiger partial charge is 0.375 e. The SMILES string of the molecule is CCC1(CC)CC(NCc2ccccc2C2CC2)CCO1. The standard InChI is InChI=1S/C19H29NO/c1-3-19(4-2)13-17(11-12-21-19)20-14-16-7-5-6-8-18(16)15-9-10-15/h5-8,15,17,20H,3-4,9-14H2,1-2H3. The molecule has 3 rings (SSSR count). The Labute approximate surface area is 129 Å². The average Bonchev–Trinajstić information content (AvgIpc) is 3.38. The van der Waals surface area contributed by atoms with Gasteiger partial charge in [0.05, 0.1) is 5.60 Å². The normalized spacial score (nSPS) is 25.0. The Morgan fingerprint density at radius 3 is 2.62 bits per heavy atom. The molecule has 21 heavy (non-hydrogen) atoms. The van der Waals surface area contributed by atoms with Gasteiger partial charge in [-0.05, 0) is 55.6 Å². The molecular weight excluding hydrogens is 258 g/mol. The molecule has 1 aromatic carbocycles. The van der Waals surface area contributed by atoms with Gasteiger partial charge in [-0.3, -0.25) is 0 Å². The van der Waals surface area contributed by atoms with E-state index in [9.17, 15) is 0 Å². The Bertz CT molecular complexity index is 462. The van der Waals surface area contributed by atoms with E-state index in [0.29, 0.717) is 6.04 Å². The van der Waals surface area contributed by atoms with E-state index >= 15 is 0 Å². The number of hydrogen-bond donors (Lipinski definition) is 1. The van der Waals surface area contributed by atoms with Gasteiger partial charge in [0.25, 0.3) is 0 Å². The zero-order chi connectivity index (χ0) is 14.7. The quantitative estimate of drug-likeness (QED) is 0.837. The molecule has 0 radical (unpaired) electrons. The van der Waals surface area contributed by atoms with Gasteiger partial charge in [0.2, 0.25) is 0 Å². The Morgan fingerprint density at radius 1 is 1.14 bits per heavy atom. The highest BCUT2D eigenvalue weighted by Crippen LogP contribution is 2.41. The molecule has 1 N–H and O–H groups in total. The minimum atomic E-state index is 0.117. The van der Waals surface area contributed by atoms with E-state index in [-0.39, 0.29) is 5.60 Å². The molecule has 1 saturated heterocycles. The van der Waals surface area contributed by atoms with Gasteiger partial charge >= 0.3 is 0 Å². The highest BCUT2D eigenvalue weighted by molar-refractivity contribution is 5.33. The molecule has 2 heteroatoms. The van der Waals surface area contributed by atoms with Gasteiger partial charge in [-0.15, -0.1) is 0 Å². The van der Waals surface area contributed by atoms with Gasteiger partial charge < -0.3 is 10.1 Å². The van der Waals surface area contributed by atoms with Gasteiger partial charge in [0.15, 0.2) is 0 Å². The van der Waals surface area contributed by atoms with E-state index < -0.39 is 0 Å². The number of hydrogen-bond acceptors (Lipinski definition) is 2. The van der Waals surface area contributed by atoms with Crippen molar-refractivity contribution in [3.8, 4) is 0 Å². The van der Waals surface area contributed by atoms with Crippen LogP contribution in [-0.4, -0.2) is 18.2 Å². The van der Waals surface area contributed by atoms with Crippen LogP contribution in [0.3, 0.4) is 0 Å². The summed E-state index contributed by atoms with van der Waals surface area (Å²) >= 11 is 0. The van der Waals surface area contributed by atoms with Crippen molar-refractivity contribution in [3.05, 3.63) is 35.4 Å². The fourth-order valence-corrected chi connectivity index (χ4v) is 3.69. The highest BCUT2D eigenvalue weighted by Gasteiger charge is 2.34. The Kier molecular flexibility index (Phi) is 4.66. The second-order valence-corrected chi connectivity index (χ2v) is 6.78. The maximum absolute atomic E-state index is 6.08. The molecule has 1 aromatic rings. The second kappa shape index (κ2) is 6.50. The van der Waals surface area contributed by atoms with Crippen molar-refractivity contribution >= 4 is 0 Å². The van der Waals surface area contributed by atoms with Crippen molar-refractivity contribution in [2.45, 2.75) is 76.5 Å². The van der Waals surface area contributed by atoms with E-state index in [2.05, 4.69) is 43.4 Å². The van der Waals surface area contributed by atoms with Crippen LogP contribution >= 0.6 is 0 Å². The van der Waals surface area contributed by atoms with Crippen LogP contribution in [0.15, 0.2) is 24.3 Å². The first-order valence-electron chi connectivity index (χ1n) is 8.71. The summed E-state index contributed by atoms with van der Waals surface area (Å²) in [5.41, 5.74) is 3.20. The Hall–Kier alpha value is -0.860. The first-order valence-corrected chi connectivity index (χ1v) is 8.71. The zero-order valence-electron chi connectivity index (χ0n) is 13.5. The summed E-state index contributed by atoms with van der Waals surface area (Å²) in [6, 6.07) is 9.58. The van der Waals surface area contributed by atoms with E-state index in [4.69, 9.17) is 4.74 Å². The minimum absolute atomic E-state index is 0.117. The minimum Gasteiger partial charge on any atom is -0.375 e. The van der Waals surface area contributed by atoms with Gasteiger partial charge in [0, 0.05) is 19.2 Å². The average molecular weight is 287 g/mol. The third-order valence-electron chi connectivity index (χ3n) is 5.44. The molecule has 1 heterocycles. The molecule has 1 atom stereocenters. The van der Waals surface area contributed by atoms with Gasteiger partial charge in [-0.25, -0.2) is 0 Å². The van der Waals surface area contributed by atoms with E-state index in [0.717, 1.165) is 44.8 Å². The summed E-state index contributed by atoms with van der Waals surface area (Å²) in [5, 5.41) is 3.80. The van der Waals surface area contributed by atoms with Crippen LogP contribution in [0, 0.1) is 0 Å². The summed E-state index contributed by atoms with van der Waals surface area (Å²) in [6.07, 6.45) is 7.31. The number of nitrogens with one attached hydrogen (secondary N) is 1. The highest BCUT2D eigenvalue weighted by atomic mass is 16.5.